The van der Waals surface area contributed by atoms with Crippen molar-refractivity contribution in [1.29, 1.82) is 0 Å². The number of rotatable bonds is 4. The van der Waals surface area contributed by atoms with E-state index >= 15 is 0 Å². The lowest BCUT2D eigenvalue weighted by atomic mass is 10.0. The van der Waals surface area contributed by atoms with Crippen LogP contribution in [0.4, 0.5) is 0 Å². The first-order valence-corrected chi connectivity index (χ1v) is 5.55. The molecule has 0 amide bonds. The predicted molar refractivity (Wildman–Crippen MR) is 61.3 cm³/mol. The van der Waals surface area contributed by atoms with E-state index in [9.17, 15) is 4.79 Å². The van der Waals surface area contributed by atoms with Crippen LogP contribution < -0.4 is 0 Å². The third-order valence-electron chi connectivity index (χ3n) is 2.54. The average Bonchev–Trinajstić information content (AvgIpc) is 2.28. The molecule has 1 rings (SSSR count). The van der Waals surface area contributed by atoms with Crippen LogP contribution in [0.1, 0.15) is 36.6 Å². The maximum atomic E-state index is 10.9. The topological polar surface area (TPSA) is 72.3 Å². The summed E-state index contributed by atoms with van der Waals surface area (Å²) in [7, 11) is 1.55. The average molecular weight is 289 g/mol. The van der Waals surface area contributed by atoms with Gasteiger partial charge in [-0.3, -0.25) is 0 Å². The number of aromatic carboxylic acids is 1. The first-order chi connectivity index (χ1) is 7.44. The highest BCUT2D eigenvalue weighted by Gasteiger charge is 2.28. The summed E-state index contributed by atoms with van der Waals surface area (Å²) in [5.74, 6) is -0.719. The number of hydrogen-bond acceptors (Lipinski definition) is 4. The molecule has 1 heterocycles. The molecule has 0 bridgehead atoms. The van der Waals surface area contributed by atoms with Crippen LogP contribution in [0.2, 0.25) is 0 Å². The summed E-state index contributed by atoms with van der Waals surface area (Å²) in [6.07, 6.45) is 2.09. The zero-order valence-electron chi connectivity index (χ0n) is 9.32. The standard InChI is InChI=1S/C10H13BrN2O3/c1-4-10(2,16-3)9-12-5-6(11)7(13-9)8(14)15/h5H,4H2,1-3H3,(H,14,15). The Morgan fingerprint density at radius 1 is 1.69 bits per heavy atom. The number of ether oxygens (including phenoxy) is 1. The molecule has 0 saturated carbocycles. The van der Waals surface area contributed by atoms with Gasteiger partial charge in [0.1, 0.15) is 5.60 Å². The molecule has 5 nitrogen and oxygen atoms in total. The molecule has 0 aromatic carbocycles. The van der Waals surface area contributed by atoms with Gasteiger partial charge in [-0.25, -0.2) is 14.8 Å². The smallest absolute Gasteiger partial charge is 0.355 e. The van der Waals surface area contributed by atoms with Gasteiger partial charge >= 0.3 is 5.97 Å². The summed E-state index contributed by atoms with van der Waals surface area (Å²) in [5.41, 5.74) is -0.716. The van der Waals surface area contributed by atoms with Crippen molar-refractivity contribution in [3.8, 4) is 0 Å². The fourth-order valence-corrected chi connectivity index (χ4v) is 1.53. The van der Waals surface area contributed by atoms with Crippen LogP contribution in [0, 0.1) is 0 Å². The Morgan fingerprint density at radius 2 is 2.31 bits per heavy atom. The van der Waals surface area contributed by atoms with Crippen LogP contribution in [0.25, 0.3) is 0 Å². The first-order valence-electron chi connectivity index (χ1n) is 4.76. The van der Waals surface area contributed by atoms with E-state index in [2.05, 4.69) is 25.9 Å². The number of methoxy groups -OCH3 is 1. The lowest BCUT2D eigenvalue weighted by Gasteiger charge is -2.24. The minimum absolute atomic E-state index is 0.0540. The van der Waals surface area contributed by atoms with Crippen LogP contribution in [-0.2, 0) is 10.3 Å². The second-order valence-corrected chi connectivity index (χ2v) is 4.34. The molecule has 1 unspecified atom stereocenters. The minimum atomic E-state index is -1.09. The number of carboxylic acid groups (broad SMARTS) is 1. The Balaban J connectivity index is 3.27. The van der Waals surface area contributed by atoms with Crippen molar-refractivity contribution >= 4 is 21.9 Å². The number of carboxylic acids is 1. The highest BCUT2D eigenvalue weighted by atomic mass is 79.9. The monoisotopic (exact) mass is 288 g/mol. The van der Waals surface area contributed by atoms with Crippen molar-refractivity contribution < 1.29 is 14.6 Å². The van der Waals surface area contributed by atoms with E-state index in [4.69, 9.17) is 9.84 Å². The van der Waals surface area contributed by atoms with Gasteiger partial charge in [-0.05, 0) is 29.3 Å². The van der Waals surface area contributed by atoms with Crippen molar-refractivity contribution in [2.24, 2.45) is 0 Å². The quantitative estimate of drug-likeness (QED) is 0.920. The number of halogens is 1. The Hall–Kier alpha value is -1.01. The maximum absolute atomic E-state index is 10.9. The molecule has 16 heavy (non-hydrogen) atoms. The van der Waals surface area contributed by atoms with E-state index in [1.807, 2.05) is 13.8 Å². The van der Waals surface area contributed by atoms with Crippen LogP contribution in [0.5, 0.6) is 0 Å². The summed E-state index contributed by atoms with van der Waals surface area (Å²) in [6.45, 7) is 3.75. The largest absolute Gasteiger partial charge is 0.476 e. The number of nitrogens with zero attached hydrogens (tertiary/aromatic N) is 2. The van der Waals surface area contributed by atoms with Crippen molar-refractivity contribution in [2.45, 2.75) is 25.9 Å². The molecule has 88 valence electrons. The van der Waals surface area contributed by atoms with E-state index in [-0.39, 0.29) is 5.69 Å². The summed E-state index contributed by atoms with van der Waals surface area (Å²) >= 11 is 3.09. The van der Waals surface area contributed by atoms with Gasteiger partial charge in [0.05, 0.1) is 4.47 Å². The van der Waals surface area contributed by atoms with Crippen molar-refractivity contribution in [3.05, 3.63) is 22.2 Å². The minimum Gasteiger partial charge on any atom is -0.476 e. The van der Waals surface area contributed by atoms with Gasteiger partial charge in [0.15, 0.2) is 11.5 Å². The summed E-state index contributed by atoms with van der Waals surface area (Å²) in [6, 6.07) is 0. The van der Waals surface area contributed by atoms with E-state index in [0.717, 1.165) is 0 Å². The van der Waals surface area contributed by atoms with Gasteiger partial charge in [0, 0.05) is 13.3 Å². The van der Waals surface area contributed by atoms with Crippen LogP contribution >= 0.6 is 15.9 Å². The second-order valence-electron chi connectivity index (χ2n) is 3.48. The molecular weight excluding hydrogens is 276 g/mol. The normalized spacial score (nSPS) is 14.5. The Kier molecular flexibility index (Phi) is 3.98. The summed E-state index contributed by atoms with van der Waals surface area (Å²) < 4.78 is 5.67. The third-order valence-corrected chi connectivity index (χ3v) is 3.13. The van der Waals surface area contributed by atoms with Crippen LogP contribution in [0.3, 0.4) is 0 Å². The van der Waals surface area contributed by atoms with Gasteiger partial charge in [-0.2, -0.15) is 0 Å². The van der Waals surface area contributed by atoms with Gasteiger partial charge < -0.3 is 9.84 Å². The van der Waals surface area contributed by atoms with Crippen LogP contribution in [-0.4, -0.2) is 28.2 Å². The first kappa shape index (κ1) is 13.1. The molecule has 0 radical (unpaired) electrons. The van der Waals surface area contributed by atoms with Gasteiger partial charge in [-0.15, -0.1) is 0 Å². The summed E-state index contributed by atoms with van der Waals surface area (Å²) in [5, 5.41) is 8.94. The Labute approximate surface area is 102 Å². The molecule has 1 aromatic rings. The molecular formula is C10H13BrN2O3. The van der Waals surface area contributed by atoms with Gasteiger partial charge in [0.2, 0.25) is 0 Å². The number of hydrogen-bond donors (Lipinski definition) is 1. The Morgan fingerprint density at radius 3 is 2.75 bits per heavy atom. The van der Waals surface area contributed by atoms with E-state index < -0.39 is 11.6 Å². The molecule has 0 spiro atoms. The molecule has 0 aliphatic heterocycles. The number of aromatic nitrogens is 2. The van der Waals surface area contributed by atoms with E-state index in [0.29, 0.717) is 16.7 Å². The molecule has 0 saturated heterocycles. The van der Waals surface area contributed by atoms with E-state index in [1.165, 1.54) is 6.20 Å². The van der Waals surface area contributed by atoms with Gasteiger partial charge in [0.25, 0.3) is 0 Å². The van der Waals surface area contributed by atoms with E-state index in [1.54, 1.807) is 7.11 Å². The zero-order chi connectivity index (χ0) is 12.3. The molecule has 1 N–H and O–H groups in total. The van der Waals surface area contributed by atoms with Gasteiger partial charge in [-0.1, -0.05) is 6.92 Å². The van der Waals surface area contributed by atoms with Crippen LogP contribution in [0.15, 0.2) is 10.7 Å². The number of carbonyl (C=O) groups is 1. The lowest BCUT2D eigenvalue weighted by molar-refractivity contribution is -0.00922. The fraction of sp³-hybridized carbons (Fsp3) is 0.500. The zero-order valence-corrected chi connectivity index (χ0v) is 10.9. The molecule has 0 fully saturated rings. The molecule has 1 atom stereocenters. The maximum Gasteiger partial charge on any atom is 0.355 e. The fourth-order valence-electron chi connectivity index (χ4n) is 1.17. The Bertz CT molecular complexity index is 405. The van der Waals surface area contributed by atoms with Crippen molar-refractivity contribution in [1.82, 2.24) is 9.97 Å². The van der Waals surface area contributed by atoms with Crippen molar-refractivity contribution in [2.75, 3.05) is 7.11 Å². The SMILES string of the molecule is CCC(C)(OC)c1ncc(Br)c(C(=O)O)n1. The highest BCUT2D eigenvalue weighted by molar-refractivity contribution is 9.10. The summed E-state index contributed by atoms with van der Waals surface area (Å²) in [4.78, 5) is 19.0. The third kappa shape index (κ3) is 2.38. The molecule has 0 aliphatic rings. The van der Waals surface area contributed by atoms with Crippen molar-refractivity contribution in [3.63, 3.8) is 0 Å². The molecule has 0 aliphatic carbocycles. The predicted octanol–water partition coefficient (Wildman–Crippen LogP) is 2.21. The molecule has 1 aromatic heterocycles. The highest BCUT2D eigenvalue weighted by Crippen LogP contribution is 2.26. The second kappa shape index (κ2) is 4.88. The lowest BCUT2D eigenvalue weighted by Crippen LogP contribution is -2.27. The molecule has 6 heteroatoms.